The average Bonchev–Trinajstić information content (AvgIpc) is 2.83. The molecule has 4 rings (SSSR count). The van der Waals surface area contributed by atoms with Crippen molar-refractivity contribution in [3.8, 4) is 0 Å². The monoisotopic (exact) mass is 432 g/mol. The van der Waals surface area contributed by atoms with Crippen molar-refractivity contribution in [2.45, 2.75) is 39.3 Å². The number of methoxy groups -OCH3 is 1. The van der Waals surface area contributed by atoms with Crippen LogP contribution in [-0.2, 0) is 16.0 Å². The van der Waals surface area contributed by atoms with E-state index in [1.165, 1.54) is 12.7 Å². The van der Waals surface area contributed by atoms with Gasteiger partial charge in [-0.05, 0) is 37.5 Å². The summed E-state index contributed by atoms with van der Waals surface area (Å²) < 4.78 is 5.14. The van der Waals surface area contributed by atoms with E-state index in [1.807, 2.05) is 30.0 Å². The zero-order valence-electron chi connectivity index (χ0n) is 18.9. The SMILES string of the molecule is COC(=O)C1CN(c2cnccn2)[C@H](C)CN1c1nnc(Cc2ccccc2)c(C)c1C. The molecular formula is C24H28N6O2. The standard InChI is InChI=1S/C24H28N6O2/c1-16-14-30(21(24(31)32-4)15-29(16)22-13-25-10-11-26-22)23-18(3)17(2)20(27-28-23)12-19-8-6-5-7-9-19/h5-11,13,16,21H,12,14-15H2,1-4H3/t16-,21?/m1/s1. The van der Waals surface area contributed by atoms with Crippen molar-refractivity contribution >= 4 is 17.6 Å². The first kappa shape index (κ1) is 21.7. The third kappa shape index (κ3) is 4.26. The second-order valence-corrected chi connectivity index (χ2v) is 8.14. The van der Waals surface area contributed by atoms with E-state index < -0.39 is 6.04 Å². The molecule has 3 heterocycles. The second-order valence-electron chi connectivity index (χ2n) is 8.14. The summed E-state index contributed by atoms with van der Waals surface area (Å²) in [6.45, 7) is 7.23. The number of hydrogen-bond acceptors (Lipinski definition) is 8. The van der Waals surface area contributed by atoms with Gasteiger partial charge >= 0.3 is 5.97 Å². The van der Waals surface area contributed by atoms with Gasteiger partial charge in [0.1, 0.15) is 11.9 Å². The summed E-state index contributed by atoms with van der Waals surface area (Å²) in [6.07, 6.45) is 5.74. The number of ether oxygens (including phenoxy) is 1. The van der Waals surface area contributed by atoms with Gasteiger partial charge in [0, 0.05) is 31.4 Å². The van der Waals surface area contributed by atoms with Crippen LogP contribution in [0.1, 0.15) is 29.3 Å². The summed E-state index contributed by atoms with van der Waals surface area (Å²) in [7, 11) is 1.41. The molecule has 0 radical (unpaired) electrons. The maximum atomic E-state index is 12.8. The third-order valence-corrected chi connectivity index (χ3v) is 6.14. The van der Waals surface area contributed by atoms with Crippen LogP contribution in [0.3, 0.4) is 0 Å². The van der Waals surface area contributed by atoms with E-state index in [1.54, 1.807) is 18.6 Å². The van der Waals surface area contributed by atoms with Gasteiger partial charge in [-0.2, -0.15) is 5.10 Å². The Hall–Kier alpha value is -3.55. The molecule has 1 fully saturated rings. The molecule has 1 unspecified atom stereocenters. The first-order valence-corrected chi connectivity index (χ1v) is 10.7. The van der Waals surface area contributed by atoms with Crippen LogP contribution in [0.2, 0.25) is 0 Å². The van der Waals surface area contributed by atoms with Crippen LogP contribution in [-0.4, -0.2) is 58.4 Å². The molecule has 8 nitrogen and oxygen atoms in total. The molecule has 2 atom stereocenters. The van der Waals surface area contributed by atoms with Gasteiger partial charge < -0.3 is 14.5 Å². The number of carbonyl (C=O) groups is 1. The van der Waals surface area contributed by atoms with Crippen LogP contribution >= 0.6 is 0 Å². The van der Waals surface area contributed by atoms with Crippen molar-refractivity contribution in [1.82, 2.24) is 20.2 Å². The molecule has 0 amide bonds. The molecule has 2 aromatic heterocycles. The van der Waals surface area contributed by atoms with E-state index in [4.69, 9.17) is 4.74 Å². The maximum absolute atomic E-state index is 12.8. The van der Waals surface area contributed by atoms with Gasteiger partial charge in [-0.1, -0.05) is 30.3 Å². The second kappa shape index (κ2) is 9.30. The van der Waals surface area contributed by atoms with Crippen LogP contribution in [0.5, 0.6) is 0 Å². The zero-order chi connectivity index (χ0) is 22.7. The van der Waals surface area contributed by atoms with E-state index in [9.17, 15) is 4.79 Å². The summed E-state index contributed by atoms with van der Waals surface area (Å²) >= 11 is 0. The predicted molar refractivity (Wildman–Crippen MR) is 123 cm³/mol. The minimum absolute atomic E-state index is 0.0955. The highest BCUT2D eigenvalue weighted by Crippen LogP contribution is 2.29. The topological polar surface area (TPSA) is 84.3 Å². The summed E-state index contributed by atoms with van der Waals surface area (Å²) in [5.41, 5.74) is 4.25. The van der Waals surface area contributed by atoms with E-state index in [0.29, 0.717) is 13.1 Å². The lowest BCUT2D eigenvalue weighted by atomic mass is 10.0. The van der Waals surface area contributed by atoms with E-state index in [0.717, 1.165) is 34.9 Å². The van der Waals surface area contributed by atoms with Crippen LogP contribution in [0.4, 0.5) is 11.6 Å². The summed E-state index contributed by atoms with van der Waals surface area (Å²) in [5.74, 6) is 1.16. The minimum Gasteiger partial charge on any atom is -0.467 e. The Labute approximate surface area is 188 Å². The number of carbonyl (C=O) groups excluding carboxylic acids is 1. The van der Waals surface area contributed by atoms with Crippen molar-refractivity contribution in [3.63, 3.8) is 0 Å². The quantitative estimate of drug-likeness (QED) is 0.569. The normalized spacial score (nSPS) is 18.5. The number of anilines is 2. The Bertz CT molecular complexity index is 1080. The fourth-order valence-electron chi connectivity index (χ4n) is 4.18. The lowest BCUT2D eigenvalue weighted by molar-refractivity contribution is -0.142. The summed E-state index contributed by atoms with van der Waals surface area (Å²) in [6, 6.07) is 9.81. The highest BCUT2D eigenvalue weighted by Gasteiger charge is 2.39. The minimum atomic E-state index is -0.523. The van der Waals surface area contributed by atoms with Gasteiger partial charge in [-0.15, -0.1) is 5.10 Å². The van der Waals surface area contributed by atoms with Gasteiger partial charge in [-0.25, -0.2) is 9.78 Å². The van der Waals surface area contributed by atoms with Gasteiger partial charge in [0.2, 0.25) is 0 Å². The molecule has 0 bridgehead atoms. The lowest BCUT2D eigenvalue weighted by Crippen LogP contribution is -2.61. The van der Waals surface area contributed by atoms with Crippen molar-refractivity contribution in [3.05, 3.63) is 71.3 Å². The smallest absolute Gasteiger partial charge is 0.330 e. The summed E-state index contributed by atoms with van der Waals surface area (Å²) in [5, 5.41) is 9.13. The molecule has 1 saturated heterocycles. The first-order chi connectivity index (χ1) is 15.5. The molecule has 0 spiro atoms. The fourth-order valence-corrected chi connectivity index (χ4v) is 4.18. The molecule has 166 valence electrons. The van der Waals surface area contributed by atoms with Crippen LogP contribution < -0.4 is 9.80 Å². The number of nitrogens with zero attached hydrogens (tertiary/aromatic N) is 6. The van der Waals surface area contributed by atoms with E-state index in [-0.39, 0.29) is 12.0 Å². The number of benzene rings is 1. The highest BCUT2D eigenvalue weighted by atomic mass is 16.5. The largest absolute Gasteiger partial charge is 0.467 e. The molecule has 1 aromatic carbocycles. The number of aromatic nitrogens is 4. The van der Waals surface area contributed by atoms with Gasteiger partial charge in [-0.3, -0.25) is 4.98 Å². The lowest BCUT2D eigenvalue weighted by Gasteiger charge is -2.45. The first-order valence-electron chi connectivity index (χ1n) is 10.7. The Morgan fingerprint density at radius 2 is 1.84 bits per heavy atom. The average molecular weight is 433 g/mol. The maximum Gasteiger partial charge on any atom is 0.330 e. The summed E-state index contributed by atoms with van der Waals surface area (Å²) in [4.78, 5) is 25.5. The van der Waals surface area contributed by atoms with Crippen molar-refractivity contribution in [1.29, 1.82) is 0 Å². The Balaban J connectivity index is 1.65. The molecule has 3 aromatic rings. The van der Waals surface area contributed by atoms with E-state index in [2.05, 4.69) is 51.0 Å². The van der Waals surface area contributed by atoms with Gasteiger partial charge in [0.15, 0.2) is 5.82 Å². The van der Waals surface area contributed by atoms with Gasteiger partial charge in [0.05, 0.1) is 25.5 Å². The Kier molecular flexibility index (Phi) is 6.30. The van der Waals surface area contributed by atoms with Crippen molar-refractivity contribution in [2.24, 2.45) is 0 Å². The predicted octanol–water partition coefficient (Wildman–Crippen LogP) is 2.73. The molecular weight excluding hydrogens is 404 g/mol. The molecule has 0 saturated carbocycles. The van der Waals surface area contributed by atoms with E-state index >= 15 is 0 Å². The molecule has 0 aliphatic carbocycles. The zero-order valence-corrected chi connectivity index (χ0v) is 18.9. The van der Waals surface area contributed by atoms with Crippen molar-refractivity contribution in [2.75, 3.05) is 30.0 Å². The number of hydrogen-bond donors (Lipinski definition) is 0. The molecule has 1 aliphatic heterocycles. The Morgan fingerprint density at radius 3 is 2.53 bits per heavy atom. The van der Waals surface area contributed by atoms with Crippen molar-refractivity contribution < 1.29 is 9.53 Å². The number of piperazine rings is 1. The molecule has 1 aliphatic rings. The molecule has 8 heteroatoms. The Morgan fingerprint density at radius 1 is 1.06 bits per heavy atom. The third-order valence-electron chi connectivity index (χ3n) is 6.14. The van der Waals surface area contributed by atoms with Crippen LogP contribution in [0, 0.1) is 13.8 Å². The molecule has 0 N–H and O–H groups in total. The number of rotatable bonds is 5. The number of esters is 1. The van der Waals surface area contributed by atoms with Crippen LogP contribution in [0.25, 0.3) is 0 Å². The highest BCUT2D eigenvalue weighted by molar-refractivity contribution is 5.81. The van der Waals surface area contributed by atoms with Crippen LogP contribution in [0.15, 0.2) is 48.9 Å². The molecule has 32 heavy (non-hydrogen) atoms. The fraction of sp³-hybridized carbons (Fsp3) is 0.375. The van der Waals surface area contributed by atoms with Gasteiger partial charge in [0.25, 0.3) is 0 Å².